The molecule has 0 aliphatic carbocycles. The van der Waals surface area contributed by atoms with E-state index in [4.69, 9.17) is 0 Å². The van der Waals surface area contributed by atoms with Crippen molar-refractivity contribution < 1.29 is 4.79 Å². The van der Waals surface area contributed by atoms with Crippen molar-refractivity contribution in [1.82, 2.24) is 15.1 Å². The molecule has 2 aromatic rings. The Morgan fingerprint density at radius 1 is 1.45 bits per heavy atom. The van der Waals surface area contributed by atoms with E-state index in [0.717, 1.165) is 22.2 Å². The average Bonchev–Trinajstić information content (AvgIpc) is 2.80. The third-order valence-corrected chi connectivity index (χ3v) is 3.71. The van der Waals surface area contributed by atoms with Gasteiger partial charge in [-0.2, -0.15) is 5.10 Å². The number of rotatable bonds is 4. The predicted octanol–water partition coefficient (Wildman–Crippen LogP) is 3.24. The van der Waals surface area contributed by atoms with Crippen molar-refractivity contribution in [2.45, 2.75) is 26.3 Å². The second-order valence-electron chi connectivity index (χ2n) is 4.75. The molecule has 0 aliphatic heterocycles. The molecule has 1 amide bonds. The molecule has 1 atom stereocenters. The molecule has 20 heavy (non-hydrogen) atoms. The number of carbonyl (C=O) groups is 1. The number of amides is 1. The molecular formula is C15H18BrN3O. The second kappa shape index (κ2) is 6.22. The van der Waals surface area contributed by atoms with Crippen molar-refractivity contribution in [3.05, 3.63) is 51.8 Å². The molecule has 1 aromatic heterocycles. The summed E-state index contributed by atoms with van der Waals surface area (Å²) < 4.78 is 2.63. The summed E-state index contributed by atoms with van der Waals surface area (Å²) >= 11 is 3.44. The first-order valence-corrected chi connectivity index (χ1v) is 7.39. The largest absolute Gasteiger partial charge is 0.344 e. The first-order chi connectivity index (χ1) is 9.51. The summed E-state index contributed by atoms with van der Waals surface area (Å²) in [5.74, 6) is -0.104. The van der Waals surface area contributed by atoms with Crippen molar-refractivity contribution in [3.8, 4) is 0 Å². The molecule has 0 aliphatic rings. The van der Waals surface area contributed by atoms with E-state index in [2.05, 4.69) is 26.3 Å². The van der Waals surface area contributed by atoms with Gasteiger partial charge in [0.25, 0.3) is 5.91 Å². The lowest BCUT2D eigenvalue weighted by molar-refractivity contribution is 0.0930. The number of aromatic nitrogens is 2. The van der Waals surface area contributed by atoms with Gasteiger partial charge in [-0.1, -0.05) is 35.0 Å². The molecule has 4 nitrogen and oxygen atoms in total. The fraction of sp³-hybridized carbons (Fsp3) is 0.333. The summed E-state index contributed by atoms with van der Waals surface area (Å²) in [4.78, 5) is 12.3. The molecule has 1 heterocycles. The van der Waals surface area contributed by atoms with Crippen LogP contribution in [0.15, 0.2) is 34.8 Å². The van der Waals surface area contributed by atoms with Crippen molar-refractivity contribution in [1.29, 1.82) is 0 Å². The normalized spacial score (nSPS) is 12.2. The predicted molar refractivity (Wildman–Crippen MR) is 82.6 cm³/mol. The Hall–Kier alpha value is -1.62. The van der Waals surface area contributed by atoms with Gasteiger partial charge in [0.15, 0.2) is 0 Å². The third kappa shape index (κ3) is 3.28. The second-order valence-corrected chi connectivity index (χ2v) is 5.66. The van der Waals surface area contributed by atoms with Gasteiger partial charge in [0.05, 0.1) is 11.7 Å². The van der Waals surface area contributed by atoms with Crippen molar-refractivity contribution in [2.24, 2.45) is 7.05 Å². The first-order valence-electron chi connectivity index (χ1n) is 6.60. The van der Waals surface area contributed by atoms with E-state index in [1.54, 1.807) is 11.7 Å². The van der Waals surface area contributed by atoms with Gasteiger partial charge in [-0.05, 0) is 37.1 Å². The number of nitrogens with zero attached hydrogens (tertiary/aromatic N) is 2. The monoisotopic (exact) mass is 335 g/mol. The number of hydrogen-bond acceptors (Lipinski definition) is 2. The molecule has 5 heteroatoms. The minimum absolute atomic E-state index is 0.0556. The summed E-state index contributed by atoms with van der Waals surface area (Å²) in [5.41, 5.74) is 2.57. The molecule has 1 N–H and O–H groups in total. The number of nitrogens with one attached hydrogen (secondary N) is 1. The maximum Gasteiger partial charge on any atom is 0.270 e. The van der Waals surface area contributed by atoms with E-state index in [9.17, 15) is 4.79 Å². The van der Waals surface area contributed by atoms with Crippen molar-refractivity contribution >= 4 is 21.8 Å². The van der Waals surface area contributed by atoms with Gasteiger partial charge in [-0.3, -0.25) is 9.48 Å². The fourth-order valence-electron chi connectivity index (χ4n) is 2.04. The highest BCUT2D eigenvalue weighted by atomic mass is 79.9. The van der Waals surface area contributed by atoms with Gasteiger partial charge in [0, 0.05) is 11.5 Å². The van der Waals surface area contributed by atoms with Crippen LogP contribution >= 0.6 is 15.9 Å². The first kappa shape index (κ1) is 14.8. The molecule has 0 spiro atoms. The van der Waals surface area contributed by atoms with Crippen LogP contribution in [0.25, 0.3) is 0 Å². The summed E-state index contributed by atoms with van der Waals surface area (Å²) in [6, 6.07) is 9.71. The molecule has 0 saturated carbocycles. The van der Waals surface area contributed by atoms with Crippen LogP contribution in [0.1, 0.15) is 41.6 Å². The highest BCUT2D eigenvalue weighted by molar-refractivity contribution is 9.10. The van der Waals surface area contributed by atoms with Crippen LogP contribution in [0, 0.1) is 0 Å². The Morgan fingerprint density at radius 3 is 2.80 bits per heavy atom. The number of carbonyl (C=O) groups excluding carboxylic acids is 1. The highest BCUT2D eigenvalue weighted by Crippen LogP contribution is 2.18. The summed E-state index contributed by atoms with van der Waals surface area (Å²) in [6.45, 7) is 3.99. The van der Waals surface area contributed by atoms with E-state index in [-0.39, 0.29) is 11.9 Å². The lowest BCUT2D eigenvalue weighted by atomic mass is 10.1. The maximum absolute atomic E-state index is 12.3. The van der Waals surface area contributed by atoms with E-state index < -0.39 is 0 Å². The smallest absolute Gasteiger partial charge is 0.270 e. The summed E-state index contributed by atoms with van der Waals surface area (Å²) in [6.07, 6.45) is 0.822. The molecule has 0 radical (unpaired) electrons. The van der Waals surface area contributed by atoms with Gasteiger partial charge in [-0.15, -0.1) is 0 Å². The van der Waals surface area contributed by atoms with Crippen LogP contribution in [-0.4, -0.2) is 15.7 Å². The van der Waals surface area contributed by atoms with Crippen LogP contribution in [0.2, 0.25) is 0 Å². The van der Waals surface area contributed by atoms with E-state index in [0.29, 0.717) is 5.69 Å². The molecule has 1 unspecified atom stereocenters. The Morgan fingerprint density at radius 2 is 2.20 bits per heavy atom. The minimum atomic E-state index is -0.104. The summed E-state index contributed by atoms with van der Waals surface area (Å²) in [7, 11) is 1.79. The summed E-state index contributed by atoms with van der Waals surface area (Å²) in [5, 5.41) is 7.29. The lowest BCUT2D eigenvalue weighted by Gasteiger charge is -2.14. The van der Waals surface area contributed by atoms with Gasteiger partial charge >= 0.3 is 0 Å². The topological polar surface area (TPSA) is 46.9 Å². The quantitative estimate of drug-likeness (QED) is 0.932. The molecule has 2 rings (SSSR count). The zero-order chi connectivity index (χ0) is 14.7. The Kier molecular flexibility index (Phi) is 4.60. The van der Waals surface area contributed by atoms with Crippen molar-refractivity contribution in [2.75, 3.05) is 0 Å². The Balaban J connectivity index is 2.12. The number of aryl methyl sites for hydroxylation is 2. The van der Waals surface area contributed by atoms with E-state index in [1.165, 1.54) is 0 Å². The molecular weight excluding hydrogens is 318 g/mol. The molecule has 0 fully saturated rings. The zero-order valence-corrected chi connectivity index (χ0v) is 13.4. The SMILES string of the molecule is CCc1cc(C(=O)NC(C)c2cccc(Br)c2)n(C)n1. The lowest BCUT2D eigenvalue weighted by Crippen LogP contribution is -2.28. The van der Waals surface area contributed by atoms with Crippen LogP contribution in [0.3, 0.4) is 0 Å². The maximum atomic E-state index is 12.3. The van der Waals surface area contributed by atoms with Crippen LogP contribution in [-0.2, 0) is 13.5 Å². The van der Waals surface area contributed by atoms with Gasteiger partial charge in [0.1, 0.15) is 5.69 Å². The number of benzene rings is 1. The highest BCUT2D eigenvalue weighted by Gasteiger charge is 2.15. The number of hydrogen-bond donors (Lipinski definition) is 1. The minimum Gasteiger partial charge on any atom is -0.344 e. The van der Waals surface area contributed by atoms with Crippen molar-refractivity contribution in [3.63, 3.8) is 0 Å². The average molecular weight is 336 g/mol. The molecule has 106 valence electrons. The molecule has 0 saturated heterocycles. The third-order valence-electron chi connectivity index (χ3n) is 3.22. The van der Waals surface area contributed by atoms with Crippen LogP contribution < -0.4 is 5.32 Å². The fourth-order valence-corrected chi connectivity index (χ4v) is 2.46. The Bertz CT molecular complexity index is 621. The zero-order valence-electron chi connectivity index (χ0n) is 11.9. The van der Waals surface area contributed by atoms with Gasteiger partial charge in [0.2, 0.25) is 0 Å². The standard InChI is InChI=1S/C15H18BrN3O/c1-4-13-9-14(19(3)18-13)15(20)17-10(2)11-6-5-7-12(16)8-11/h5-10H,4H2,1-3H3,(H,17,20). The van der Waals surface area contributed by atoms with E-state index in [1.807, 2.05) is 44.2 Å². The van der Waals surface area contributed by atoms with Crippen LogP contribution in [0.5, 0.6) is 0 Å². The van der Waals surface area contributed by atoms with E-state index >= 15 is 0 Å². The van der Waals surface area contributed by atoms with Crippen LogP contribution in [0.4, 0.5) is 0 Å². The molecule has 1 aromatic carbocycles. The van der Waals surface area contributed by atoms with Gasteiger partial charge < -0.3 is 5.32 Å². The molecule has 0 bridgehead atoms. The Labute approximate surface area is 127 Å². The number of halogens is 1. The van der Waals surface area contributed by atoms with Gasteiger partial charge in [-0.25, -0.2) is 0 Å².